The fourth-order valence-electron chi connectivity index (χ4n) is 2.09. The molecule has 0 radical (unpaired) electrons. The summed E-state index contributed by atoms with van der Waals surface area (Å²) < 4.78 is 24.2. The summed E-state index contributed by atoms with van der Waals surface area (Å²) in [6.07, 6.45) is 0. The molecular formula is C16H16N2O3S2. The van der Waals surface area contributed by atoms with E-state index in [2.05, 4.69) is 5.32 Å². The number of nitrogens with zero attached hydrogens (tertiary/aromatic N) is 1. The van der Waals surface area contributed by atoms with Crippen LogP contribution in [0.2, 0.25) is 0 Å². The SMILES string of the molecule is Cc1sc(NC(=O)CS(=O)(=O)Cc2ccccc2)c(C#N)c1C. The molecular weight excluding hydrogens is 332 g/mol. The van der Waals surface area contributed by atoms with Gasteiger partial charge in [0.25, 0.3) is 0 Å². The van der Waals surface area contributed by atoms with E-state index in [1.165, 1.54) is 11.3 Å². The zero-order valence-corrected chi connectivity index (χ0v) is 14.4. The van der Waals surface area contributed by atoms with Gasteiger partial charge in [0, 0.05) is 4.88 Å². The summed E-state index contributed by atoms with van der Waals surface area (Å²) in [5, 5.41) is 12.1. The number of rotatable bonds is 5. The van der Waals surface area contributed by atoms with Gasteiger partial charge in [-0.2, -0.15) is 5.26 Å². The first-order valence-corrected chi connectivity index (χ1v) is 9.50. The fourth-order valence-corrected chi connectivity index (χ4v) is 4.39. The molecule has 120 valence electrons. The van der Waals surface area contributed by atoms with Crippen molar-refractivity contribution in [1.82, 2.24) is 0 Å². The van der Waals surface area contributed by atoms with Gasteiger partial charge in [-0.15, -0.1) is 11.3 Å². The summed E-state index contributed by atoms with van der Waals surface area (Å²) in [6, 6.07) is 10.7. The summed E-state index contributed by atoms with van der Waals surface area (Å²) in [7, 11) is -3.57. The fraction of sp³-hybridized carbons (Fsp3) is 0.250. The number of nitrogens with one attached hydrogen (secondary N) is 1. The molecule has 0 saturated carbocycles. The highest BCUT2D eigenvalue weighted by Gasteiger charge is 2.20. The maximum Gasteiger partial charge on any atom is 0.240 e. The van der Waals surface area contributed by atoms with Gasteiger partial charge < -0.3 is 5.32 Å². The van der Waals surface area contributed by atoms with Gasteiger partial charge in [0.2, 0.25) is 5.91 Å². The van der Waals surface area contributed by atoms with Gasteiger partial charge in [0.1, 0.15) is 16.8 Å². The predicted molar refractivity (Wildman–Crippen MR) is 91.1 cm³/mol. The molecule has 0 spiro atoms. The van der Waals surface area contributed by atoms with E-state index in [4.69, 9.17) is 5.26 Å². The minimum atomic E-state index is -3.57. The minimum Gasteiger partial charge on any atom is -0.316 e. The van der Waals surface area contributed by atoms with E-state index in [-0.39, 0.29) is 5.75 Å². The van der Waals surface area contributed by atoms with Crippen LogP contribution in [0, 0.1) is 25.2 Å². The number of carbonyl (C=O) groups is 1. The Labute approximate surface area is 139 Å². The molecule has 1 aromatic carbocycles. The van der Waals surface area contributed by atoms with E-state index in [0.717, 1.165) is 10.4 Å². The average Bonchev–Trinajstić information content (AvgIpc) is 2.72. The van der Waals surface area contributed by atoms with E-state index in [1.807, 2.05) is 13.0 Å². The number of sulfone groups is 1. The molecule has 0 bridgehead atoms. The molecule has 23 heavy (non-hydrogen) atoms. The van der Waals surface area contributed by atoms with Crippen molar-refractivity contribution in [2.75, 3.05) is 11.1 Å². The Bertz CT molecular complexity index is 863. The first kappa shape index (κ1) is 17.2. The minimum absolute atomic E-state index is 0.186. The van der Waals surface area contributed by atoms with Crippen molar-refractivity contribution in [3.05, 3.63) is 51.9 Å². The first-order chi connectivity index (χ1) is 10.8. The van der Waals surface area contributed by atoms with Gasteiger partial charge >= 0.3 is 0 Å². The van der Waals surface area contributed by atoms with Crippen molar-refractivity contribution >= 4 is 32.1 Å². The molecule has 1 heterocycles. The smallest absolute Gasteiger partial charge is 0.240 e. The van der Waals surface area contributed by atoms with Gasteiger partial charge in [-0.1, -0.05) is 30.3 Å². The lowest BCUT2D eigenvalue weighted by atomic mass is 10.2. The Morgan fingerprint density at radius 3 is 2.52 bits per heavy atom. The van der Waals surface area contributed by atoms with E-state index >= 15 is 0 Å². The van der Waals surface area contributed by atoms with Crippen LogP contribution < -0.4 is 5.32 Å². The molecule has 2 aromatic rings. The molecule has 0 saturated heterocycles. The quantitative estimate of drug-likeness (QED) is 0.900. The largest absolute Gasteiger partial charge is 0.316 e. The molecule has 1 aromatic heterocycles. The Kier molecular flexibility index (Phi) is 5.19. The predicted octanol–water partition coefficient (Wildman–Crippen LogP) is 2.79. The number of hydrogen-bond acceptors (Lipinski definition) is 5. The summed E-state index contributed by atoms with van der Waals surface area (Å²) in [5.74, 6) is -1.42. The normalized spacial score (nSPS) is 11.0. The maximum atomic E-state index is 12.1. The van der Waals surface area contributed by atoms with E-state index in [1.54, 1.807) is 37.3 Å². The molecule has 0 fully saturated rings. The summed E-state index contributed by atoms with van der Waals surface area (Å²) in [4.78, 5) is 12.9. The summed E-state index contributed by atoms with van der Waals surface area (Å²) >= 11 is 1.27. The standard InChI is InChI=1S/C16H16N2O3S2/c1-11-12(2)22-16(14(11)8-17)18-15(19)10-23(20,21)9-13-6-4-3-5-7-13/h3-7H,9-10H2,1-2H3,(H,18,19). The number of nitriles is 1. The number of aryl methyl sites for hydroxylation is 1. The number of hydrogen-bond donors (Lipinski definition) is 1. The van der Waals surface area contributed by atoms with Crippen LogP contribution in [0.5, 0.6) is 0 Å². The van der Waals surface area contributed by atoms with Crippen LogP contribution in [0.3, 0.4) is 0 Å². The van der Waals surface area contributed by atoms with Crippen LogP contribution in [0.1, 0.15) is 21.6 Å². The second-order valence-electron chi connectivity index (χ2n) is 5.17. The van der Waals surface area contributed by atoms with Crippen LogP contribution in [0.15, 0.2) is 30.3 Å². The van der Waals surface area contributed by atoms with Gasteiger partial charge in [0.05, 0.1) is 11.3 Å². The Balaban J connectivity index is 2.08. The van der Waals surface area contributed by atoms with Crippen molar-refractivity contribution < 1.29 is 13.2 Å². The molecule has 7 heteroatoms. The first-order valence-electron chi connectivity index (χ1n) is 6.86. The molecule has 0 atom stereocenters. The van der Waals surface area contributed by atoms with Crippen LogP contribution in [-0.4, -0.2) is 20.1 Å². The highest BCUT2D eigenvalue weighted by atomic mass is 32.2. The third-order valence-corrected chi connectivity index (χ3v) is 5.93. The molecule has 0 aliphatic carbocycles. The summed E-state index contributed by atoms with van der Waals surface area (Å²) in [6.45, 7) is 3.65. The van der Waals surface area contributed by atoms with Crippen LogP contribution in [0.4, 0.5) is 5.00 Å². The molecule has 0 aliphatic heterocycles. The number of thiophene rings is 1. The topological polar surface area (TPSA) is 87.0 Å². The highest BCUT2D eigenvalue weighted by molar-refractivity contribution is 7.91. The number of amides is 1. The van der Waals surface area contributed by atoms with Gasteiger partial charge in [0.15, 0.2) is 9.84 Å². The number of anilines is 1. The zero-order valence-electron chi connectivity index (χ0n) is 12.8. The van der Waals surface area contributed by atoms with Crippen molar-refractivity contribution in [1.29, 1.82) is 5.26 Å². The van der Waals surface area contributed by atoms with Crippen molar-refractivity contribution in [2.45, 2.75) is 19.6 Å². The Hall–Kier alpha value is -2.17. The Morgan fingerprint density at radius 1 is 1.26 bits per heavy atom. The molecule has 0 aliphatic rings. The van der Waals surface area contributed by atoms with Crippen molar-refractivity contribution in [3.8, 4) is 6.07 Å². The van der Waals surface area contributed by atoms with Crippen LogP contribution >= 0.6 is 11.3 Å². The molecule has 5 nitrogen and oxygen atoms in total. The van der Waals surface area contributed by atoms with Crippen molar-refractivity contribution in [3.63, 3.8) is 0 Å². The van der Waals surface area contributed by atoms with E-state index < -0.39 is 21.5 Å². The van der Waals surface area contributed by atoms with E-state index in [0.29, 0.717) is 16.1 Å². The Morgan fingerprint density at radius 2 is 1.91 bits per heavy atom. The number of benzene rings is 1. The lowest BCUT2D eigenvalue weighted by molar-refractivity contribution is -0.113. The van der Waals surface area contributed by atoms with Crippen molar-refractivity contribution in [2.24, 2.45) is 0 Å². The maximum absolute atomic E-state index is 12.1. The molecule has 1 amide bonds. The van der Waals surface area contributed by atoms with Gasteiger partial charge in [-0.25, -0.2) is 8.42 Å². The second-order valence-corrected chi connectivity index (χ2v) is 8.45. The van der Waals surface area contributed by atoms with Gasteiger partial charge in [-0.3, -0.25) is 4.79 Å². The zero-order chi connectivity index (χ0) is 17.0. The number of carbonyl (C=O) groups excluding carboxylic acids is 1. The van der Waals surface area contributed by atoms with Crippen LogP contribution in [-0.2, 0) is 20.4 Å². The molecule has 2 rings (SSSR count). The third-order valence-electron chi connectivity index (χ3n) is 3.33. The highest BCUT2D eigenvalue weighted by Crippen LogP contribution is 2.31. The average molecular weight is 348 g/mol. The monoisotopic (exact) mass is 348 g/mol. The lowest BCUT2D eigenvalue weighted by Gasteiger charge is -2.05. The van der Waals surface area contributed by atoms with Crippen LogP contribution in [0.25, 0.3) is 0 Å². The second kappa shape index (κ2) is 6.94. The van der Waals surface area contributed by atoms with E-state index in [9.17, 15) is 13.2 Å². The van der Waals surface area contributed by atoms with Gasteiger partial charge in [-0.05, 0) is 25.0 Å². The lowest BCUT2D eigenvalue weighted by Crippen LogP contribution is -2.23. The third kappa shape index (κ3) is 4.41. The molecule has 0 unspecified atom stereocenters. The molecule has 1 N–H and O–H groups in total. The summed E-state index contributed by atoms with van der Waals surface area (Å²) in [5.41, 5.74) is 1.84.